The zero-order valence-corrected chi connectivity index (χ0v) is 10.2. The Morgan fingerprint density at radius 1 is 0.917 bits per heavy atom. The van der Waals surface area contributed by atoms with Gasteiger partial charge in [-0.2, -0.15) is 21.9 Å². The van der Waals surface area contributed by atoms with Crippen molar-refractivity contribution in [3.63, 3.8) is 0 Å². The van der Waals surface area contributed by atoms with Crippen molar-refractivity contribution >= 4 is 72.0 Å². The average molecular weight is 268 g/mol. The Morgan fingerprint density at radius 3 is 0.917 bits per heavy atom. The summed E-state index contributed by atoms with van der Waals surface area (Å²) in [5.74, 6) is 0. The Bertz CT molecular complexity index is 211. The zero-order valence-electron chi connectivity index (χ0n) is 5.37. The fourth-order valence-electron chi connectivity index (χ4n) is 0. The second-order valence-corrected chi connectivity index (χ2v) is 2.57. The van der Waals surface area contributed by atoms with Gasteiger partial charge in [-0.3, -0.25) is 17.5 Å². The molecular weight excluding hydrogens is 264 g/mol. The zero-order chi connectivity index (χ0) is 9.00. The van der Waals surface area contributed by atoms with Crippen molar-refractivity contribution in [3.8, 4) is 0 Å². The molecule has 12 heavy (non-hydrogen) atoms. The van der Waals surface area contributed by atoms with Crippen LogP contribution in [0.4, 0.5) is 0 Å². The van der Waals surface area contributed by atoms with E-state index in [2.05, 4.69) is 0 Å². The van der Waals surface area contributed by atoms with Crippen LogP contribution in [0.25, 0.3) is 0 Å². The quantitative estimate of drug-likeness (QED) is 0.283. The molecular formula is H4CaO8S3. The summed E-state index contributed by atoms with van der Waals surface area (Å²) in [5.41, 5.74) is 0. The van der Waals surface area contributed by atoms with Crippen molar-refractivity contribution in [1.82, 2.24) is 0 Å². The van der Waals surface area contributed by atoms with Gasteiger partial charge in [-0.15, -0.1) is 0 Å². The summed E-state index contributed by atoms with van der Waals surface area (Å²) in [6, 6.07) is 0. The maximum atomic E-state index is 8.74. The SMILES string of the molecule is O=S(=O)(O)O.O=S(=O)([O-])[O-].S.[Ca+2]. The fourth-order valence-corrected chi connectivity index (χ4v) is 0. The van der Waals surface area contributed by atoms with Gasteiger partial charge in [-0.25, -0.2) is 0 Å². The summed E-state index contributed by atoms with van der Waals surface area (Å²) >= 11 is 0. The fraction of sp³-hybridized carbons (Fsp3) is 0. The third-order valence-electron chi connectivity index (χ3n) is 0. The molecule has 8 nitrogen and oxygen atoms in total. The molecule has 0 amide bonds. The molecule has 0 aromatic rings. The average Bonchev–Trinajstić information content (AvgIpc) is 1.12. The van der Waals surface area contributed by atoms with Crippen LogP contribution in [0, 0.1) is 0 Å². The first-order valence-electron chi connectivity index (χ1n) is 1.37. The molecule has 0 aliphatic heterocycles. The summed E-state index contributed by atoms with van der Waals surface area (Å²) in [6.07, 6.45) is 0. The molecule has 0 atom stereocenters. The molecule has 0 fully saturated rings. The molecule has 2 N–H and O–H groups in total. The Kier molecular flexibility index (Phi) is 17.3. The van der Waals surface area contributed by atoms with Crippen LogP contribution < -0.4 is 0 Å². The van der Waals surface area contributed by atoms with Crippen LogP contribution >= 0.6 is 13.5 Å². The third kappa shape index (κ3) is 667. The molecule has 12 heteroatoms. The number of hydrogen-bond donors (Lipinski definition) is 2. The van der Waals surface area contributed by atoms with Gasteiger partial charge in [0.1, 0.15) is 0 Å². The van der Waals surface area contributed by atoms with Gasteiger partial charge in [0.25, 0.3) is 0 Å². The summed E-state index contributed by atoms with van der Waals surface area (Å²) < 4.78 is 65.7. The Balaban J connectivity index is -0.0000000457. The number of hydrogen-bond acceptors (Lipinski definition) is 6. The van der Waals surface area contributed by atoms with Crippen LogP contribution in [0.1, 0.15) is 0 Å². The molecule has 0 saturated heterocycles. The van der Waals surface area contributed by atoms with Crippen molar-refractivity contribution in [2.24, 2.45) is 0 Å². The molecule has 0 rings (SSSR count). The Hall–Kier alpha value is 1.35. The van der Waals surface area contributed by atoms with Gasteiger partial charge < -0.3 is 9.11 Å². The van der Waals surface area contributed by atoms with Gasteiger partial charge in [-0.05, 0) is 0 Å². The van der Waals surface area contributed by atoms with Gasteiger partial charge >= 0.3 is 48.1 Å². The van der Waals surface area contributed by atoms with E-state index in [1.54, 1.807) is 0 Å². The summed E-state index contributed by atoms with van der Waals surface area (Å²) in [6.45, 7) is 0. The predicted octanol–water partition coefficient (Wildman–Crippen LogP) is -2.26. The normalized spacial score (nSPS) is 9.67. The van der Waals surface area contributed by atoms with Crippen LogP contribution in [-0.4, -0.2) is 72.8 Å². The second kappa shape index (κ2) is 8.93. The van der Waals surface area contributed by atoms with Crippen LogP contribution in [0.2, 0.25) is 0 Å². The molecule has 0 spiro atoms. The Morgan fingerprint density at radius 2 is 0.917 bits per heavy atom. The van der Waals surface area contributed by atoms with Gasteiger partial charge in [0.15, 0.2) is 0 Å². The van der Waals surface area contributed by atoms with E-state index in [1.807, 2.05) is 0 Å². The largest absolute Gasteiger partial charge is 2.00 e. The molecule has 72 valence electrons. The first-order valence-corrected chi connectivity index (χ1v) is 4.10. The minimum Gasteiger partial charge on any atom is -0.759 e. The first-order chi connectivity index (χ1) is 4.00. The van der Waals surface area contributed by atoms with Crippen LogP contribution in [0.15, 0.2) is 0 Å². The molecule has 0 aromatic carbocycles. The summed E-state index contributed by atoms with van der Waals surface area (Å²) in [5, 5.41) is 0. The maximum Gasteiger partial charge on any atom is 2.00 e. The molecule has 0 radical (unpaired) electrons. The molecule has 0 bridgehead atoms. The van der Waals surface area contributed by atoms with E-state index in [4.69, 9.17) is 35.0 Å². The molecule has 0 aromatic heterocycles. The van der Waals surface area contributed by atoms with E-state index in [0.29, 0.717) is 0 Å². The van der Waals surface area contributed by atoms with Gasteiger partial charge in [-0.1, -0.05) is 0 Å². The standard InChI is InChI=1S/Ca.2H2O4S.H2S/c;2*1-5(2,3)4;/h;2*(H2,1,2,3,4);1H2/q+2;;;/p-2. The van der Waals surface area contributed by atoms with E-state index in [-0.39, 0.29) is 51.2 Å². The molecule has 0 saturated carbocycles. The van der Waals surface area contributed by atoms with Crippen molar-refractivity contribution in [2.75, 3.05) is 0 Å². The van der Waals surface area contributed by atoms with Crippen molar-refractivity contribution in [1.29, 1.82) is 0 Å². The molecule has 0 aliphatic rings. The van der Waals surface area contributed by atoms with Gasteiger partial charge in [0.2, 0.25) is 0 Å². The minimum absolute atomic E-state index is 0. The second-order valence-electron chi connectivity index (χ2n) is 0.856. The maximum absolute atomic E-state index is 8.74. The van der Waals surface area contributed by atoms with Crippen LogP contribution in [0.5, 0.6) is 0 Å². The van der Waals surface area contributed by atoms with Crippen molar-refractivity contribution in [2.45, 2.75) is 0 Å². The van der Waals surface area contributed by atoms with E-state index in [9.17, 15) is 0 Å². The Labute approximate surface area is 106 Å². The van der Waals surface area contributed by atoms with E-state index in [1.165, 1.54) is 0 Å². The summed E-state index contributed by atoms with van der Waals surface area (Å²) in [4.78, 5) is 0. The molecule has 0 heterocycles. The van der Waals surface area contributed by atoms with Crippen LogP contribution in [-0.2, 0) is 20.8 Å². The van der Waals surface area contributed by atoms with Crippen molar-refractivity contribution < 1.29 is 35.0 Å². The van der Waals surface area contributed by atoms with Gasteiger partial charge in [0, 0.05) is 10.4 Å². The topological polar surface area (TPSA) is 155 Å². The van der Waals surface area contributed by atoms with E-state index >= 15 is 0 Å². The minimum atomic E-state index is -5.17. The van der Waals surface area contributed by atoms with E-state index in [0.717, 1.165) is 0 Å². The molecule has 0 unspecified atom stereocenters. The first kappa shape index (κ1) is 23.3. The van der Waals surface area contributed by atoms with E-state index < -0.39 is 20.8 Å². The summed E-state index contributed by atoms with van der Waals surface area (Å²) in [7, 11) is -9.83. The van der Waals surface area contributed by atoms with Crippen LogP contribution in [0.3, 0.4) is 0 Å². The third-order valence-corrected chi connectivity index (χ3v) is 0. The smallest absolute Gasteiger partial charge is 0.759 e. The van der Waals surface area contributed by atoms with Gasteiger partial charge in [0.05, 0.1) is 0 Å². The number of rotatable bonds is 0. The van der Waals surface area contributed by atoms with Crippen molar-refractivity contribution in [3.05, 3.63) is 0 Å². The molecule has 0 aliphatic carbocycles. The monoisotopic (exact) mass is 268 g/mol. The predicted molar refractivity (Wildman–Crippen MR) is 40.8 cm³/mol.